The molecule has 0 bridgehead atoms. The van der Waals surface area contributed by atoms with Gasteiger partial charge in [0.1, 0.15) is 0 Å². The van der Waals surface area contributed by atoms with Crippen LogP contribution in [-0.2, 0) is 16.1 Å². The van der Waals surface area contributed by atoms with Crippen molar-refractivity contribution < 1.29 is 14.3 Å². The summed E-state index contributed by atoms with van der Waals surface area (Å²) in [6, 6.07) is 11.4. The largest absolute Gasteiger partial charge is 0.449 e. The average Bonchev–Trinajstić information content (AvgIpc) is 3.16. The molecule has 0 unspecified atom stereocenters. The van der Waals surface area contributed by atoms with E-state index in [2.05, 4.69) is 15.4 Å². The minimum absolute atomic E-state index is 0.101. The third-order valence-electron chi connectivity index (χ3n) is 4.85. The van der Waals surface area contributed by atoms with Gasteiger partial charge in [0.2, 0.25) is 0 Å². The van der Waals surface area contributed by atoms with Crippen LogP contribution < -0.4 is 5.32 Å². The molecule has 2 heterocycles. The van der Waals surface area contributed by atoms with Gasteiger partial charge in [0.05, 0.1) is 17.1 Å². The fourth-order valence-electron chi connectivity index (χ4n) is 3.09. The monoisotopic (exact) mass is 408 g/mol. The second-order valence-corrected chi connectivity index (χ2v) is 7.92. The van der Waals surface area contributed by atoms with Gasteiger partial charge in [-0.3, -0.25) is 4.79 Å². The van der Waals surface area contributed by atoms with Crippen molar-refractivity contribution in [3.8, 4) is 0 Å². The second kappa shape index (κ2) is 9.07. The lowest BCUT2D eigenvalue weighted by Gasteiger charge is -2.15. The number of benzene rings is 1. The Morgan fingerprint density at radius 1 is 1.10 bits per heavy atom. The first-order valence-electron chi connectivity index (χ1n) is 10.2. The van der Waals surface area contributed by atoms with Crippen molar-refractivity contribution in [2.24, 2.45) is 0 Å². The fourth-order valence-corrected chi connectivity index (χ4v) is 3.09. The van der Waals surface area contributed by atoms with Crippen LogP contribution in [0.2, 0.25) is 0 Å². The number of ether oxygens (including phenoxy) is 1. The molecule has 7 heteroatoms. The van der Waals surface area contributed by atoms with E-state index in [9.17, 15) is 9.59 Å². The number of amides is 1. The van der Waals surface area contributed by atoms with Gasteiger partial charge in [0.25, 0.3) is 5.91 Å². The minimum Gasteiger partial charge on any atom is -0.449 e. The maximum atomic E-state index is 12.9. The third-order valence-corrected chi connectivity index (χ3v) is 4.85. The first kappa shape index (κ1) is 21.5. The second-order valence-electron chi connectivity index (χ2n) is 7.92. The van der Waals surface area contributed by atoms with E-state index in [0.29, 0.717) is 23.1 Å². The Bertz CT molecular complexity index is 1040. The van der Waals surface area contributed by atoms with Crippen LogP contribution in [0.1, 0.15) is 68.2 Å². The van der Waals surface area contributed by atoms with Crippen LogP contribution in [0, 0.1) is 0 Å². The topological polar surface area (TPSA) is 86.1 Å². The van der Waals surface area contributed by atoms with Crippen LogP contribution >= 0.6 is 0 Å². The van der Waals surface area contributed by atoms with Crippen molar-refractivity contribution >= 4 is 22.9 Å². The Labute approximate surface area is 176 Å². The number of esters is 1. The number of nitrogens with one attached hydrogen (secondary N) is 1. The Morgan fingerprint density at radius 2 is 1.80 bits per heavy atom. The number of carbonyl (C=O) groups excluding carboxylic acids is 2. The maximum Gasteiger partial charge on any atom is 0.339 e. The number of nitrogens with zero attached hydrogens (tertiary/aromatic N) is 3. The predicted octanol–water partition coefficient (Wildman–Crippen LogP) is 4.00. The van der Waals surface area contributed by atoms with E-state index in [1.54, 1.807) is 23.9 Å². The molecule has 0 aliphatic heterocycles. The predicted molar refractivity (Wildman–Crippen MR) is 115 cm³/mol. The minimum atomic E-state index is -0.924. The Morgan fingerprint density at radius 3 is 2.43 bits per heavy atom. The van der Waals surface area contributed by atoms with Crippen molar-refractivity contribution in [3.63, 3.8) is 0 Å². The fraction of sp³-hybridized carbons (Fsp3) is 0.391. The van der Waals surface area contributed by atoms with Crippen LogP contribution in [-0.4, -0.2) is 32.7 Å². The number of fused-ring (bicyclic) bond motifs is 1. The molecule has 0 aliphatic carbocycles. The molecule has 0 aliphatic rings. The average molecular weight is 409 g/mol. The van der Waals surface area contributed by atoms with Crippen molar-refractivity contribution in [1.82, 2.24) is 20.1 Å². The van der Waals surface area contributed by atoms with Gasteiger partial charge in [-0.05, 0) is 38.3 Å². The van der Waals surface area contributed by atoms with Crippen LogP contribution in [0.25, 0.3) is 11.0 Å². The molecule has 0 radical (unpaired) electrons. The van der Waals surface area contributed by atoms with Crippen molar-refractivity contribution in [2.45, 2.75) is 59.2 Å². The maximum absolute atomic E-state index is 12.9. The van der Waals surface area contributed by atoms with Crippen molar-refractivity contribution in [1.29, 1.82) is 0 Å². The molecule has 1 N–H and O–H groups in total. The Balaban J connectivity index is 1.79. The smallest absolute Gasteiger partial charge is 0.339 e. The highest BCUT2D eigenvalue weighted by molar-refractivity contribution is 6.03. The van der Waals surface area contributed by atoms with E-state index >= 15 is 0 Å². The molecule has 3 rings (SSSR count). The summed E-state index contributed by atoms with van der Waals surface area (Å²) in [6.07, 6.45) is 0.704. The normalized spacial score (nSPS) is 12.4. The first-order valence-corrected chi connectivity index (χ1v) is 10.2. The lowest BCUT2D eigenvalue weighted by Crippen LogP contribution is -2.35. The number of pyridine rings is 1. The number of aromatic nitrogens is 3. The molecule has 0 fully saturated rings. The van der Waals surface area contributed by atoms with E-state index in [-0.39, 0.29) is 17.9 Å². The molecule has 0 saturated carbocycles. The van der Waals surface area contributed by atoms with Crippen LogP contribution in [0.5, 0.6) is 0 Å². The number of rotatable bonds is 7. The molecule has 1 aromatic carbocycles. The molecule has 0 saturated heterocycles. The van der Waals surface area contributed by atoms with E-state index in [4.69, 9.17) is 4.74 Å². The summed E-state index contributed by atoms with van der Waals surface area (Å²) in [5.41, 5.74) is 2.77. The summed E-state index contributed by atoms with van der Waals surface area (Å²) in [5, 5.41) is 7.80. The van der Waals surface area contributed by atoms with Gasteiger partial charge < -0.3 is 10.1 Å². The van der Waals surface area contributed by atoms with Crippen LogP contribution in [0.3, 0.4) is 0 Å². The SMILES string of the molecule is CC(C)c1cc(C(=O)O[C@H](C)C(=O)NCc2ccccc2)c2cnn(C(C)C)c2n1. The van der Waals surface area contributed by atoms with Crippen LogP contribution in [0.15, 0.2) is 42.6 Å². The number of carbonyl (C=O) groups is 2. The van der Waals surface area contributed by atoms with Gasteiger partial charge in [-0.2, -0.15) is 5.10 Å². The highest BCUT2D eigenvalue weighted by Crippen LogP contribution is 2.25. The van der Waals surface area contributed by atoms with Crippen molar-refractivity contribution in [2.75, 3.05) is 0 Å². The van der Waals surface area contributed by atoms with Gasteiger partial charge in [-0.25, -0.2) is 14.5 Å². The third kappa shape index (κ3) is 4.67. The molecule has 7 nitrogen and oxygen atoms in total. The molecule has 0 spiro atoms. The van der Waals surface area contributed by atoms with E-state index in [1.807, 2.05) is 58.0 Å². The lowest BCUT2D eigenvalue weighted by molar-refractivity contribution is -0.129. The summed E-state index contributed by atoms with van der Waals surface area (Å²) >= 11 is 0. The molecule has 30 heavy (non-hydrogen) atoms. The van der Waals surface area contributed by atoms with Gasteiger partial charge in [0, 0.05) is 18.3 Å². The Hall–Kier alpha value is -3.22. The number of hydrogen-bond acceptors (Lipinski definition) is 5. The highest BCUT2D eigenvalue weighted by atomic mass is 16.5. The van der Waals surface area contributed by atoms with Gasteiger partial charge >= 0.3 is 5.97 Å². The zero-order valence-electron chi connectivity index (χ0n) is 18.0. The van der Waals surface area contributed by atoms with E-state index in [0.717, 1.165) is 11.3 Å². The first-order chi connectivity index (χ1) is 14.3. The molecular weight excluding hydrogens is 380 g/mol. The molecule has 158 valence electrons. The van der Waals surface area contributed by atoms with Crippen molar-refractivity contribution in [3.05, 3.63) is 59.4 Å². The zero-order chi connectivity index (χ0) is 21.8. The molecule has 3 aromatic rings. The zero-order valence-corrected chi connectivity index (χ0v) is 18.0. The highest BCUT2D eigenvalue weighted by Gasteiger charge is 2.23. The molecule has 1 atom stereocenters. The van der Waals surface area contributed by atoms with Crippen LogP contribution in [0.4, 0.5) is 0 Å². The quantitative estimate of drug-likeness (QED) is 0.597. The van der Waals surface area contributed by atoms with E-state index < -0.39 is 12.1 Å². The lowest BCUT2D eigenvalue weighted by atomic mass is 10.1. The van der Waals surface area contributed by atoms with Gasteiger partial charge in [-0.15, -0.1) is 0 Å². The van der Waals surface area contributed by atoms with Gasteiger partial charge in [0.15, 0.2) is 11.8 Å². The number of hydrogen-bond donors (Lipinski definition) is 1. The summed E-state index contributed by atoms with van der Waals surface area (Å²) in [5.74, 6) is -0.780. The summed E-state index contributed by atoms with van der Waals surface area (Å²) in [7, 11) is 0. The van der Waals surface area contributed by atoms with E-state index in [1.165, 1.54) is 0 Å². The standard InChI is InChI=1S/C23H28N4O3/c1-14(2)20-11-18(19-13-25-27(15(3)4)21(19)26-20)23(29)30-16(5)22(28)24-12-17-9-7-6-8-10-17/h6-11,13-16H,12H2,1-5H3,(H,24,28)/t16-/m1/s1. The Kier molecular flexibility index (Phi) is 6.50. The molecule has 1 amide bonds. The molecular formula is C23H28N4O3. The molecule has 2 aromatic heterocycles. The summed E-state index contributed by atoms with van der Waals surface area (Å²) in [6.45, 7) is 9.98. The van der Waals surface area contributed by atoms with Gasteiger partial charge in [-0.1, -0.05) is 44.2 Å². The summed E-state index contributed by atoms with van der Waals surface area (Å²) < 4.78 is 7.27. The summed E-state index contributed by atoms with van der Waals surface area (Å²) in [4.78, 5) is 30.0.